The highest BCUT2D eigenvalue weighted by molar-refractivity contribution is 7.92. The average molecular weight is 490 g/mol. The van der Waals surface area contributed by atoms with Crippen molar-refractivity contribution in [2.45, 2.75) is 58.2 Å². The molecular formula is C25H32FN3O4S. The van der Waals surface area contributed by atoms with Crippen LogP contribution >= 0.6 is 0 Å². The summed E-state index contributed by atoms with van der Waals surface area (Å²) in [5.74, 6) is -1.44. The van der Waals surface area contributed by atoms with E-state index in [-0.39, 0.29) is 24.2 Å². The van der Waals surface area contributed by atoms with Gasteiger partial charge in [0.1, 0.15) is 18.4 Å². The Hall–Kier alpha value is -2.94. The molecule has 184 valence electrons. The number of benzene rings is 2. The van der Waals surface area contributed by atoms with Crippen molar-refractivity contribution in [3.8, 4) is 0 Å². The number of carbonyl (C=O) groups excluding carboxylic acids is 2. The summed E-state index contributed by atoms with van der Waals surface area (Å²) in [7, 11) is -3.89. The van der Waals surface area contributed by atoms with Crippen LogP contribution in [0, 0.1) is 12.7 Å². The van der Waals surface area contributed by atoms with E-state index >= 15 is 0 Å². The topological polar surface area (TPSA) is 86.8 Å². The van der Waals surface area contributed by atoms with Gasteiger partial charge in [0.05, 0.1) is 11.9 Å². The first kappa shape index (κ1) is 25.7. The van der Waals surface area contributed by atoms with Gasteiger partial charge in [0.2, 0.25) is 21.8 Å². The Kier molecular flexibility index (Phi) is 8.30. The molecule has 0 radical (unpaired) electrons. The van der Waals surface area contributed by atoms with Gasteiger partial charge < -0.3 is 10.2 Å². The summed E-state index contributed by atoms with van der Waals surface area (Å²) in [6, 6.07) is 11.9. The van der Waals surface area contributed by atoms with Crippen LogP contribution in [0.3, 0.4) is 0 Å². The number of hydrogen-bond acceptors (Lipinski definition) is 4. The molecule has 0 heterocycles. The Bertz CT molecular complexity index is 1120. The number of nitrogens with one attached hydrogen (secondary N) is 1. The molecule has 0 saturated heterocycles. The lowest BCUT2D eigenvalue weighted by atomic mass is 10.1. The fraction of sp³-hybridized carbons (Fsp3) is 0.440. The first-order valence-corrected chi connectivity index (χ1v) is 13.3. The van der Waals surface area contributed by atoms with Crippen LogP contribution in [0.5, 0.6) is 0 Å². The molecule has 9 heteroatoms. The third kappa shape index (κ3) is 6.79. The molecule has 1 N–H and O–H groups in total. The van der Waals surface area contributed by atoms with Crippen LogP contribution < -0.4 is 9.62 Å². The van der Waals surface area contributed by atoms with Crippen LogP contribution in [0.2, 0.25) is 0 Å². The number of aryl methyl sites for hydroxylation is 1. The highest BCUT2D eigenvalue weighted by atomic mass is 32.2. The molecule has 0 bridgehead atoms. The number of sulfonamides is 1. The van der Waals surface area contributed by atoms with Crippen molar-refractivity contribution in [1.29, 1.82) is 0 Å². The van der Waals surface area contributed by atoms with Gasteiger partial charge in [0.25, 0.3) is 0 Å². The minimum atomic E-state index is -3.89. The minimum absolute atomic E-state index is 0.0502. The van der Waals surface area contributed by atoms with Gasteiger partial charge in [-0.2, -0.15) is 0 Å². The maximum atomic E-state index is 13.8. The minimum Gasteiger partial charge on any atom is -0.352 e. The standard InChI is InChI=1S/C25H32FN3O4S/c1-18-11-13-20(14-12-18)16-28(19(2)25(31)27-22-8-4-5-9-22)24(30)17-29(34(3,32)33)23-10-6-7-21(26)15-23/h6-7,10-15,19,22H,4-5,8-9,16-17H2,1-3H3,(H,27,31). The monoisotopic (exact) mass is 489 g/mol. The van der Waals surface area contributed by atoms with E-state index in [1.54, 1.807) is 6.92 Å². The quantitative estimate of drug-likeness (QED) is 0.585. The molecule has 0 aliphatic heterocycles. The predicted octanol–water partition coefficient (Wildman–Crippen LogP) is 3.38. The Balaban J connectivity index is 1.87. The second kappa shape index (κ2) is 11.0. The van der Waals surface area contributed by atoms with Crippen molar-refractivity contribution in [1.82, 2.24) is 10.2 Å². The number of halogens is 1. The first-order chi connectivity index (χ1) is 16.0. The molecule has 1 aliphatic carbocycles. The molecule has 3 rings (SSSR count). The lowest BCUT2D eigenvalue weighted by Crippen LogP contribution is -2.52. The predicted molar refractivity (Wildman–Crippen MR) is 130 cm³/mol. The van der Waals surface area contributed by atoms with Gasteiger partial charge in [0, 0.05) is 12.6 Å². The molecule has 7 nitrogen and oxygen atoms in total. The van der Waals surface area contributed by atoms with E-state index in [4.69, 9.17) is 0 Å². The Morgan fingerprint density at radius 1 is 1.12 bits per heavy atom. The normalized spacial score (nSPS) is 15.1. The second-order valence-electron chi connectivity index (χ2n) is 8.92. The van der Waals surface area contributed by atoms with Crippen LogP contribution in [0.4, 0.5) is 10.1 Å². The van der Waals surface area contributed by atoms with E-state index in [9.17, 15) is 22.4 Å². The zero-order valence-corrected chi connectivity index (χ0v) is 20.6. The molecule has 2 amide bonds. The first-order valence-electron chi connectivity index (χ1n) is 11.4. The van der Waals surface area contributed by atoms with Gasteiger partial charge in [-0.25, -0.2) is 12.8 Å². The molecule has 1 unspecified atom stereocenters. The van der Waals surface area contributed by atoms with E-state index in [1.807, 2.05) is 31.2 Å². The summed E-state index contributed by atoms with van der Waals surface area (Å²) in [4.78, 5) is 27.8. The van der Waals surface area contributed by atoms with Crippen LogP contribution in [-0.2, 0) is 26.2 Å². The Morgan fingerprint density at radius 2 is 1.76 bits per heavy atom. The summed E-state index contributed by atoms with van der Waals surface area (Å²) in [6.45, 7) is 3.19. The molecule has 1 atom stereocenters. The Morgan fingerprint density at radius 3 is 2.35 bits per heavy atom. The van der Waals surface area contributed by atoms with Gasteiger partial charge in [-0.1, -0.05) is 48.7 Å². The molecule has 0 spiro atoms. The fourth-order valence-electron chi connectivity index (χ4n) is 4.11. The molecule has 1 saturated carbocycles. The average Bonchev–Trinajstić information content (AvgIpc) is 3.28. The summed E-state index contributed by atoms with van der Waals surface area (Å²) in [5, 5.41) is 3.02. The SMILES string of the molecule is Cc1ccc(CN(C(=O)CN(c2cccc(F)c2)S(C)(=O)=O)C(C)C(=O)NC2CCCC2)cc1. The Labute approximate surface area is 201 Å². The van der Waals surface area contributed by atoms with Crippen LogP contribution in [0.25, 0.3) is 0 Å². The van der Waals surface area contributed by atoms with Crippen molar-refractivity contribution in [2.75, 3.05) is 17.1 Å². The van der Waals surface area contributed by atoms with Gasteiger partial charge in [-0.15, -0.1) is 0 Å². The molecular weight excluding hydrogens is 457 g/mol. The van der Waals surface area contributed by atoms with Crippen molar-refractivity contribution in [2.24, 2.45) is 0 Å². The van der Waals surface area contributed by atoms with Crippen molar-refractivity contribution in [3.63, 3.8) is 0 Å². The highest BCUT2D eigenvalue weighted by Gasteiger charge is 2.31. The molecule has 1 fully saturated rings. The molecule has 2 aromatic rings. The summed E-state index contributed by atoms with van der Waals surface area (Å²) in [5.41, 5.74) is 1.92. The molecule has 1 aliphatic rings. The number of anilines is 1. The smallest absolute Gasteiger partial charge is 0.244 e. The van der Waals surface area contributed by atoms with Crippen molar-refractivity contribution in [3.05, 3.63) is 65.5 Å². The van der Waals surface area contributed by atoms with E-state index in [0.717, 1.165) is 53.4 Å². The fourth-order valence-corrected chi connectivity index (χ4v) is 4.95. The second-order valence-corrected chi connectivity index (χ2v) is 10.8. The lowest BCUT2D eigenvalue weighted by molar-refractivity contribution is -0.139. The molecule has 34 heavy (non-hydrogen) atoms. The van der Waals surface area contributed by atoms with E-state index in [2.05, 4.69) is 5.32 Å². The van der Waals surface area contributed by atoms with Gasteiger partial charge in [-0.05, 0) is 50.5 Å². The van der Waals surface area contributed by atoms with Crippen molar-refractivity contribution >= 4 is 27.5 Å². The third-order valence-electron chi connectivity index (χ3n) is 6.12. The maximum absolute atomic E-state index is 13.8. The number of nitrogens with zero attached hydrogens (tertiary/aromatic N) is 2. The summed E-state index contributed by atoms with van der Waals surface area (Å²) in [6.07, 6.45) is 4.90. The highest BCUT2D eigenvalue weighted by Crippen LogP contribution is 2.21. The van der Waals surface area contributed by atoms with Gasteiger partial charge >= 0.3 is 0 Å². The van der Waals surface area contributed by atoms with E-state index in [0.29, 0.717) is 0 Å². The number of hydrogen-bond donors (Lipinski definition) is 1. The maximum Gasteiger partial charge on any atom is 0.244 e. The summed E-state index contributed by atoms with van der Waals surface area (Å²) >= 11 is 0. The van der Waals surface area contributed by atoms with Crippen LogP contribution in [0.15, 0.2) is 48.5 Å². The van der Waals surface area contributed by atoms with Gasteiger partial charge in [-0.3, -0.25) is 13.9 Å². The number of rotatable bonds is 9. The summed E-state index contributed by atoms with van der Waals surface area (Å²) < 4.78 is 39.6. The zero-order chi connectivity index (χ0) is 24.9. The number of carbonyl (C=O) groups is 2. The lowest BCUT2D eigenvalue weighted by Gasteiger charge is -2.32. The molecule has 0 aromatic heterocycles. The van der Waals surface area contributed by atoms with E-state index < -0.39 is 34.3 Å². The van der Waals surface area contributed by atoms with Crippen LogP contribution in [0.1, 0.15) is 43.7 Å². The zero-order valence-electron chi connectivity index (χ0n) is 19.8. The third-order valence-corrected chi connectivity index (χ3v) is 7.26. The van der Waals surface area contributed by atoms with E-state index in [1.165, 1.54) is 23.1 Å². The van der Waals surface area contributed by atoms with Crippen LogP contribution in [-0.4, -0.2) is 50.0 Å². The van der Waals surface area contributed by atoms with Gasteiger partial charge in [0.15, 0.2) is 0 Å². The number of amides is 2. The molecule has 2 aromatic carbocycles. The van der Waals surface area contributed by atoms with Crippen molar-refractivity contribution < 1.29 is 22.4 Å². The largest absolute Gasteiger partial charge is 0.352 e.